The van der Waals surface area contributed by atoms with E-state index in [2.05, 4.69) is 21.8 Å². The van der Waals surface area contributed by atoms with Gasteiger partial charge in [0.1, 0.15) is 11.6 Å². The molecular formula is C20H24N4O2. The molecule has 4 rings (SSSR count). The lowest BCUT2D eigenvalue weighted by atomic mass is 10.0. The Morgan fingerprint density at radius 2 is 2.27 bits per heavy atom. The smallest absolute Gasteiger partial charge is 0.123 e. The Balaban J connectivity index is 1.47. The fourth-order valence-corrected chi connectivity index (χ4v) is 3.66. The number of morpholine rings is 1. The Labute approximate surface area is 152 Å². The van der Waals surface area contributed by atoms with E-state index >= 15 is 0 Å². The third kappa shape index (κ3) is 3.38. The van der Waals surface area contributed by atoms with E-state index < -0.39 is 0 Å². The van der Waals surface area contributed by atoms with E-state index in [4.69, 9.17) is 10.5 Å². The molecule has 0 bridgehead atoms. The van der Waals surface area contributed by atoms with Gasteiger partial charge in [0.25, 0.3) is 0 Å². The van der Waals surface area contributed by atoms with Gasteiger partial charge in [0, 0.05) is 48.0 Å². The minimum atomic E-state index is 0.0197. The molecule has 3 heterocycles. The van der Waals surface area contributed by atoms with E-state index in [-0.39, 0.29) is 6.10 Å². The number of nitrogen functional groups attached to an aromatic ring is 1. The maximum absolute atomic E-state index is 9.78. The number of hydrogen-bond acceptors (Lipinski definition) is 5. The standard InChI is InChI=1S/C20H24N4O2/c1-13(8-15-11-22-18-4-3-16(25)9-17(15)18)24-6-7-26-19(12-24)14-2-5-20(21)23-10-14/h2-5,9-11,13,19,22,25H,6-8,12H2,1H3,(H2,21,23). The summed E-state index contributed by atoms with van der Waals surface area (Å²) >= 11 is 0. The van der Waals surface area contributed by atoms with Crippen LogP contribution >= 0.6 is 0 Å². The Bertz CT molecular complexity index is 890. The zero-order chi connectivity index (χ0) is 18.1. The van der Waals surface area contributed by atoms with Gasteiger partial charge in [0.05, 0.1) is 12.7 Å². The normalized spacial score (nSPS) is 19.7. The van der Waals surface area contributed by atoms with Crippen molar-refractivity contribution in [2.45, 2.75) is 25.5 Å². The Kier molecular flexibility index (Phi) is 4.53. The molecule has 1 aromatic carbocycles. The van der Waals surface area contributed by atoms with Gasteiger partial charge in [-0.25, -0.2) is 4.98 Å². The van der Waals surface area contributed by atoms with Crippen LogP contribution in [0.2, 0.25) is 0 Å². The van der Waals surface area contributed by atoms with Crippen LogP contribution in [0.25, 0.3) is 10.9 Å². The zero-order valence-corrected chi connectivity index (χ0v) is 14.9. The van der Waals surface area contributed by atoms with Crippen LogP contribution in [0.5, 0.6) is 5.75 Å². The number of ether oxygens (including phenoxy) is 1. The number of pyridine rings is 1. The fraction of sp³-hybridized carbons (Fsp3) is 0.350. The van der Waals surface area contributed by atoms with Gasteiger partial charge in [-0.2, -0.15) is 0 Å². The summed E-state index contributed by atoms with van der Waals surface area (Å²) in [5, 5.41) is 10.9. The van der Waals surface area contributed by atoms with Crippen LogP contribution in [0, 0.1) is 0 Å². The third-order valence-corrected chi connectivity index (χ3v) is 5.17. The van der Waals surface area contributed by atoms with Crippen LogP contribution in [0.1, 0.15) is 24.2 Å². The van der Waals surface area contributed by atoms with Crippen molar-refractivity contribution in [3.63, 3.8) is 0 Å². The molecule has 0 spiro atoms. The van der Waals surface area contributed by atoms with Gasteiger partial charge in [-0.3, -0.25) is 4.90 Å². The van der Waals surface area contributed by atoms with Gasteiger partial charge in [-0.05, 0) is 43.2 Å². The number of fused-ring (bicyclic) bond motifs is 1. The number of anilines is 1. The van der Waals surface area contributed by atoms with E-state index in [1.165, 1.54) is 5.56 Å². The maximum atomic E-state index is 9.78. The highest BCUT2D eigenvalue weighted by Gasteiger charge is 2.26. The monoisotopic (exact) mass is 352 g/mol. The second kappa shape index (κ2) is 6.97. The predicted octanol–water partition coefficient (Wildman–Crippen LogP) is 2.86. The first kappa shape index (κ1) is 16.9. The SMILES string of the molecule is CC(Cc1c[nH]c2ccc(O)cc12)N1CCOC(c2ccc(N)nc2)C1. The third-order valence-electron chi connectivity index (χ3n) is 5.17. The molecule has 2 atom stereocenters. The number of aromatic hydroxyl groups is 1. The van der Waals surface area contributed by atoms with Gasteiger partial charge in [-0.15, -0.1) is 0 Å². The highest BCUT2D eigenvalue weighted by atomic mass is 16.5. The molecule has 1 saturated heterocycles. The number of nitrogens with two attached hydrogens (primary N) is 1. The van der Waals surface area contributed by atoms with E-state index in [0.29, 0.717) is 24.2 Å². The first-order valence-electron chi connectivity index (χ1n) is 8.96. The summed E-state index contributed by atoms with van der Waals surface area (Å²) in [5.74, 6) is 0.825. The number of rotatable bonds is 4. The highest BCUT2D eigenvalue weighted by Crippen LogP contribution is 2.27. The van der Waals surface area contributed by atoms with Crippen molar-refractivity contribution in [1.29, 1.82) is 0 Å². The van der Waals surface area contributed by atoms with Crippen molar-refractivity contribution in [3.8, 4) is 5.75 Å². The maximum Gasteiger partial charge on any atom is 0.123 e. The molecule has 2 unspecified atom stereocenters. The minimum Gasteiger partial charge on any atom is -0.508 e. The van der Waals surface area contributed by atoms with Gasteiger partial charge in [0.2, 0.25) is 0 Å². The van der Waals surface area contributed by atoms with E-state index in [9.17, 15) is 5.11 Å². The topological polar surface area (TPSA) is 87.4 Å². The lowest BCUT2D eigenvalue weighted by Crippen LogP contribution is -2.44. The van der Waals surface area contributed by atoms with Crippen LogP contribution in [0.15, 0.2) is 42.7 Å². The van der Waals surface area contributed by atoms with Crippen molar-refractivity contribution in [3.05, 3.63) is 53.9 Å². The second-order valence-corrected chi connectivity index (χ2v) is 6.97. The number of benzene rings is 1. The summed E-state index contributed by atoms with van der Waals surface area (Å²) in [6, 6.07) is 9.63. The number of aromatic nitrogens is 2. The van der Waals surface area contributed by atoms with E-state index in [0.717, 1.165) is 36.0 Å². The van der Waals surface area contributed by atoms with Crippen LogP contribution in [0.4, 0.5) is 5.82 Å². The molecule has 3 aromatic rings. The number of hydrogen-bond donors (Lipinski definition) is 3. The zero-order valence-electron chi connectivity index (χ0n) is 14.9. The molecule has 1 aliphatic rings. The lowest BCUT2D eigenvalue weighted by molar-refractivity contribution is -0.0425. The van der Waals surface area contributed by atoms with Crippen molar-refractivity contribution >= 4 is 16.7 Å². The molecule has 0 amide bonds. The second-order valence-electron chi connectivity index (χ2n) is 6.97. The molecule has 1 aliphatic heterocycles. The summed E-state index contributed by atoms with van der Waals surface area (Å²) in [7, 11) is 0. The van der Waals surface area contributed by atoms with Gasteiger partial charge in [0.15, 0.2) is 0 Å². The molecular weight excluding hydrogens is 328 g/mol. The Morgan fingerprint density at radius 1 is 1.38 bits per heavy atom. The van der Waals surface area contributed by atoms with Gasteiger partial charge < -0.3 is 20.6 Å². The molecule has 0 saturated carbocycles. The Hall–Kier alpha value is -2.57. The van der Waals surface area contributed by atoms with Crippen LogP contribution in [-0.4, -0.2) is 45.7 Å². The average molecular weight is 352 g/mol. The van der Waals surface area contributed by atoms with Crippen molar-refractivity contribution < 1.29 is 9.84 Å². The molecule has 26 heavy (non-hydrogen) atoms. The number of phenolic OH excluding ortho intramolecular Hbond substituents is 1. The molecule has 6 nitrogen and oxygen atoms in total. The number of aromatic amines is 1. The van der Waals surface area contributed by atoms with Crippen LogP contribution < -0.4 is 5.73 Å². The number of nitrogens with zero attached hydrogens (tertiary/aromatic N) is 2. The molecule has 0 aliphatic carbocycles. The number of phenols is 1. The average Bonchev–Trinajstić information content (AvgIpc) is 3.04. The van der Waals surface area contributed by atoms with Gasteiger partial charge in [-0.1, -0.05) is 6.07 Å². The van der Waals surface area contributed by atoms with E-state index in [1.807, 2.05) is 30.5 Å². The summed E-state index contributed by atoms with van der Waals surface area (Å²) in [4.78, 5) is 9.92. The summed E-state index contributed by atoms with van der Waals surface area (Å²) in [6.07, 6.45) is 4.78. The van der Waals surface area contributed by atoms with Crippen molar-refractivity contribution in [1.82, 2.24) is 14.9 Å². The fourth-order valence-electron chi connectivity index (χ4n) is 3.66. The largest absolute Gasteiger partial charge is 0.508 e. The molecule has 0 radical (unpaired) electrons. The summed E-state index contributed by atoms with van der Waals surface area (Å²) in [6.45, 7) is 4.69. The highest BCUT2D eigenvalue weighted by molar-refractivity contribution is 5.84. The lowest BCUT2D eigenvalue weighted by Gasteiger charge is -2.37. The quantitative estimate of drug-likeness (QED) is 0.672. The van der Waals surface area contributed by atoms with Crippen molar-refractivity contribution in [2.75, 3.05) is 25.4 Å². The predicted molar refractivity (Wildman–Crippen MR) is 102 cm³/mol. The van der Waals surface area contributed by atoms with Crippen LogP contribution in [0.3, 0.4) is 0 Å². The molecule has 4 N–H and O–H groups in total. The summed E-state index contributed by atoms with van der Waals surface area (Å²) in [5.41, 5.74) is 9.02. The minimum absolute atomic E-state index is 0.0197. The van der Waals surface area contributed by atoms with E-state index in [1.54, 1.807) is 12.3 Å². The first-order chi connectivity index (χ1) is 12.6. The van der Waals surface area contributed by atoms with Crippen LogP contribution in [-0.2, 0) is 11.2 Å². The molecule has 136 valence electrons. The summed E-state index contributed by atoms with van der Waals surface area (Å²) < 4.78 is 5.94. The van der Waals surface area contributed by atoms with Gasteiger partial charge >= 0.3 is 0 Å². The first-order valence-corrected chi connectivity index (χ1v) is 8.96. The number of nitrogens with one attached hydrogen (secondary N) is 1. The van der Waals surface area contributed by atoms with Crippen molar-refractivity contribution in [2.24, 2.45) is 0 Å². The molecule has 6 heteroatoms. The molecule has 1 fully saturated rings. The number of H-pyrrole nitrogens is 1. The molecule has 2 aromatic heterocycles. The Morgan fingerprint density at radius 3 is 3.08 bits per heavy atom.